The van der Waals surface area contributed by atoms with Gasteiger partial charge in [-0.25, -0.2) is 0 Å². The minimum Gasteiger partial charge on any atom is -0.0827 e. The number of rotatable bonds is 2. The van der Waals surface area contributed by atoms with Gasteiger partial charge in [-0.2, -0.15) is 0 Å². The summed E-state index contributed by atoms with van der Waals surface area (Å²) in [5.41, 5.74) is 1.61. The molecule has 1 aliphatic rings. The lowest BCUT2D eigenvalue weighted by atomic mass is 9.80. The molecular weight excluding hydrogens is 144 g/mol. The monoisotopic (exact) mass is 166 g/mol. The number of hydrogen-bond donors (Lipinski definition) is 0. The van der Waals surface area contributed by atoms with Crippen molar-refractivity contribution < 1.29 is 0 Å². The third kappa shape index (κ3) is 3.00. The van der Waals surface area contributed by atoms with Gasteiger partial charge in [0.05, 0.1) is 0 Å². The quantitative estimate of drug-likeness (QED) is 0.543. The van der Waals surface area contributed by atoms with E-state index < -0.39 is 0 Å². The van der Waals surface area contributed by atoms with Crippen LogP contribution in [0.15, 0.2) is 11.6 Å². The molecule has 2 unspecified atom stereocenters. The minimum absolute atomic E-state index is 0.822. The van der Waals surface area contributed by atoms with Crippen LogP contribution in [-0.2, 0) is 0 Å². The van der Waals surface area contributed by atoms with Crippen LogP contribution >= 0.6 is 0 Å². The molecule has 1 rings (SSSR count). The zero-order valence-corrected chi connectivity index (χ0v) is 8.93. The molecule has 2 atom stereocenters. The van der Waals surface area contributed by atoms with Gasteiger partial charge < -0.3 is 0 Å². The van der Waals surface area contributed by atoms with Gasteiger partial charge in [0, 0.05) is 0 Å². The molecule has 0 aromatic rings. The summed E-state index contributed by atoms with van der Waals surface area (Å²) in [6.45, 7) is 9.29. The zero-order chi connectivity index (χ0) is 9.14. The minimum atomic E-state index is 0.822. The first-order valence-electron chi connectivity index (χ1n) is 5.25. The third-order valence-corrected chi connectivity index (χ3v) is 2.69. The van der Waals surface area contributed by atoms with Crippen molar-refractivity contribution in [2.24, 2.45) is 17.8 Å². The van der Waals surface area contributed by atoms with Crippen molar-refractivity contribution in [3.8, 4) is 0 Å². The van der Waals surface area contributed by atoms with Crippen LogP contribution in [0.2, 0.25) is 0 Å². The molecule has 0 amide bonds. The summed E-state index contributed by atoms with van der Waals surface area (Å²) < 4.78 is 0. The first kappa shape index (κ1) is 9.83. The van der Waals surface area contributed by atoms with E-state index in [1.807, 2.05) is 0 Å². The highest BCUT2D eigenvalue weighted by Gasteiger charge is 2.18. The van der Waals surface area contributed by atoms with Gasteiger partial charge in [-0.05, 0) is 43.9 Å². The van der Waals surface area contributed by atoms with Crippen LogP contribution in [0, 0.1) is 17.8 Å². The summed E-state index contributed by atoms with van der Waals surface area (Å²) >= 11 is 0. The first-order chi connectivity index (χ1) is 5.58. The van der Waals surface area contributed by atoms with E-state index in [0.717, 1.165) is 17.8 Å². The summed E-state index contributed by atoms with van der Waals surface area (Å²) in [5, 5.41) is 0. The lowest BCUT2D eigenvalue weighted by Gasteiger charge is -2.26. The van der Waals surface area contributed by atoms with Gasteiger partial charge in [0.1, 0.15) is 0 Å². The number of hydrogen-bond acceptors (Lipinski definition) is 0. The maximum Gasteiger partial charge on any atom is -0.0257 e. The van der Waals surface area contributed by atoms with Crippen LogP contribution in [0.1, 0.15) is 47.0 Å². The van der Waals surface area contributed by atoms with Gasteiger partial charge >= 0.3 is 0 Å². The Morgan fingerprint density at radius 3 is 2.67 bits per heavy atom. The van der Waals surface area contributed by atoms with E-state index in [9.17, 15) is 0 Å². The topological polar surface area (TPSA) is 0 Å². The van der Waals surface area contributed by atoms with Gasteiger partial charge in [0.15, 0.2) is 0 Å². The second-order valence-electron chi connectivity index (χ2n) is 4.93. The number of allylic oxidation sites excluding steroid dienone is 2. The summed E-state index contributed by atoms with van der Waals surface area (Å²) in [7, 11) is 0. The molecule has 0 heteroatoms. The smallest absolute Gasteiger partial charge is 0.0257 e. The average molecular weight is 166 g/mol. The Hall–Kier alpha value is -0.260. The lowest BCUT2D eigenvalue weighted by Crippen LogP contribution is -2.13. The average Bonchev–Trinajstić information content (AvgIpc) is 1.81. The molecule has 0 fully saturated rings. The molecule has 0 heterocycles. The molecule has 0 aromatic heterocycles. The standard InChI is InChI=1S/C12H22/c1-9(2)5-12-7-10(3)6-11(4)8-12/h6,9-10,12H,5,7-8H2,1-4H3. The van der Waals surface area contributed by atoms with Gasteiger partial charge in [-0.3, -0.25) is 0 Å². The summed E-state index contributed by atoms with van der Waals surface area (Å²) in [6.07, 6.45) is 6.62. The molecule has 12 heavy (non-hydrogen) atoms. The van der Waals surface area contributed by atoms with E-state index >= 15 is 0 Å². The van der Waals surface area contributed by atoms with E-state index in [0.29, 0.717) is 0 Å². The van der Waals surface area contributed by atoms with Crippen molar-refractivity contribution >= 4 is 0 Å². The van der Waals surface area contributed by atoms with Crippen LogP contribution in [0.3, 0.4) is 0 Å². The predicted octanol–water partition coefficient (Wildman–Crippen LogP) is 4.02. The Bertz CT molecular complexity index is 165. The fourth-order valence-corrected chi connectivity index (χ4v) is 2.53. The van der Waals surface area contributed by atoms with Crippen LogP contribution in [0.4, 0.5) is 0 Å². The largest absolute Gasteiger partial charge is 0.0827 e. The molecule has 0 radical (unpaired) electrons. The SMILES string of the molecule is CC1=CC(C)CC(CC(C)C)C1. The Labute approximate surface area is 77.1 Å². The molecule has 0 N–H and O–H groups in total. The Morgan fingerprint density at radius 1 is 1.50 bits per heavy atom. The van der Waals surface area contributed by atoms with Crippen molar-refractivity contribution in [1.82, 2.24) is 0 Å². The molecule has 0 nitrogen and oxygen atoms in total. The highest BCUT2D eigenvalue weighted by molar-refractivity contribution is 5.06. The van der Waals surface area contributed by atoms with E-state index in [4.69, 9.17) is 0 Å². The van der Waals surface area contributed by atoms with Gasteiger partial charge in [-0.15, -0.1) is 0 Å². The van der Waals surface area contributed by atoms with E-state index in [-0.39, 0.29) is 0 Å². The van der Waals surface area contributed by atoms with Gasteiger partial charge in [0.2, 0.25) is 0 Å². The molecule has 0 bridgehead atoms. The van der Waals surface area contributed by atoms with E-state index in [1.54, 1.807) is 5.57 Å². The van der Waals surface area contributed by atoms with E-state index in [1.165, 1.54) is 19.3 Å². The van der Waals surface area contributed by atoms with Gasteiger partial charge in [-0.1, -0.05) is 32.4 Å². The van der Waals surface area contributed by atoms with E-state index in [2.05, 4.69) is 33.8 Å². The molecule has 0 spiro atoms. The fraction of sp³-hybridized carbons (Fsp3) is 0.833. The van der Waals surface area contributed by atoms with Crippen molar-refractivity contribution in [2.45, 2.75) is 47.0 Å². The van der Waals surface area contributed by atoms with Crippen LogP contribution in [-0.4, -0.2) is 0 Å². The highest BCUT2D eigenvalue weighted by Crippen LogP contribution is 2.31. The summed E-state index contributed by atoms with van der Waals surface area (Å²) in [4.78, 5) is 0. The molecular formula is C12H22. The Morgan fingerprint density at radius 2 is 2.17 bits per heavy atom. The van der Waals surface area contributed by atoms with Crippen molar-refractivity contribution in [1.29, 1.82) is 0 Å². The molecule has 0 aliphatic heterocycles. The maximum atomic E-state index is 2.44. The molecule has 1 aliphatic carbocycles. The Kier molecular flexibility index (Phi) is 3.37. The summed E-state index contributed by atoms with van der Waals surface area (Å²) in [5.74, 6) is 2.65. The predicted molar refractivity (Wildman–Crippen MR) is 55.1 cm³/mol. The molecule has 70 valence electrons. The van der Waals surface area contributed by atoms with Crippen molar-refractivity contribution in [3.05, 3.63) is 11.6 Å². The van der Waals surface area contributed by atoms with Crippen LogP contribution < -0.4 is 0 Å². The maximum absolute atomic E-state index is 2.44. The molecule has 0 aromatic carbocycles. The van der Waals surface area contributed by atoms with Crippen molar-refractivity contribution in [3.63, 3.8) is 0 Å². The lowest BCUT2D eigenvalue weighted by molar-refractivity contribution is 0.337. The normalized spacial score (nSPS) is 30.6. The molecule has 0 saturated carbocycles. The van der Waals surface area contributed by atoms with Gasteiger partial charge in [0.25, 0.3) is 0 Å². The van der Waals surface area contributed by atoms with Crippen LogP contribution in [0.25, 0.3) is 0 Å². The summed E-state index contributed by atoms with van der Waals surface area (Å²) in [6, 6.07) is 0. The first-order valence-corrected chi connectivity index (χ1v) is 5.25. The fourth-order valence-electron chi connectivity index (χ4n) is 2.53. The third-order valence-electron chi connectivity index (χ3n) is 2.69. The Balaban J connectivity index is 2.44. The second-order valence-corrected chi connectivity index (χ2v) is 4.93. The highest BCUT2D eigenvalue weighted by atomic mass is 14.2. The second kappa shape index (κ2) is 4.11. The molecule has 0 saturated heterocycles. The zero-order valence-electron chi connectivity index (χ0n) is 8.93. The van der Waals surface area contributed by atoms with Crippen molar-refractivity contribution in [2.75, 3.05) is 0 Å². The van der Waals surface area contributed by atoms with Crippen LogP contribution in [0.5, 0.6) is 0 Å².